The van der Waals surface area contributed by atoms with E-state index in [1.54, 1.807) is 0 Å². The van der Waals surface area contributed by atoms with Crippen molar-refractivity contribution in [2.45, 2.75) is 39.3 Å². The lowest BCUT2D eigenvalue weighted by Gasteiger charge is -2.23. The van der Waals surface area contributed by atoms with Gasteiger partial charge in [0.1, 0.15) is 18.2 Å². The lowest BCUT2D eigenvalue weighted by Crippen LogP contribution is -2.27. The zero-order valence-electron chi connectivity index (χ0n) is 11.4. The van der Waals surface area contributed by atoms with Crippen molar-refractivity contribution in [3.63, 3.8) is 0 Å². The molecule has 5 heteroatoms. The first-order valence-corrected chi connectivity index (χ1v) is 6.64. The van der Waals surface area contributed by atoms with Crippen LogP contribution in [0.2, 0.25) is 0 Å². The van der Waals surface area contributed by atoms with Crippen LogP contribution in [-0.2, 0) is 11.3 Å². The molecule has 1 aromatic heterocycles. The number of ether oxygens (including phenoxy) is 1. The van der Waals surface area contributed by atoms with Gasteiger partial charge in [0, 0.05) is 32.3 Å². The molecule has 1 fully saturated rings. The third kappa shape index (κ3) is 2.90. The Hall–Kier alpha value is -1.36. The second kappa shape index (κ2) is 6.00. The molecular weight excluding hydrogens is 228 g/mol. The van der Waals surface area contributed by atoms with Gasteiger partial charge in [-0.05, 0) is 26.7 Å². The number of hydrogen-bond acceptors (Lipinski definition) is 5. The van der Waals surface area contributed by atoms with Gasteiger partial charge in [0.25, 0.3) is 0 Å². The fraction of sp³-hybridized carbons (Fsp3) is 0.692. The summed E-state index contributed by atoms with van der Waals surface area (Å²) in [5, 5.41) is 3.09. The summed E-state index contributed by atoms with van der Waals surface area (Å²) >= 11 is 0. The van der Waals surface area contributed by atoms with Gasteiger partial charge in [0.05, 0.1) is 0 Å². The summed E-state index contributed by atoms with van der Waals surface area (Å²) in [5.74, 6) is 2.61. The molecule has 100 valence electrons. The van der Waals surface area contributed by atoms with E-state index in [-0.39, 0.29) is 0 Å². The molecule has 0 spiro atoms. The molecule has 0 radical (unpaired) electrons. The van der Waals surface area contributed by atoms with Crippen molar-refractivity contribution >= 4 is 11.6 Å². The number of hydrogen-bond donors (Lipinski definition) is 1. The van der Waals surface area contributed by atoms with Crippen molar-refractivity contribution in [1.29, 1.82) is 0 Å². The minimum absolute atomic E-state index is 0.473. The van der Waals surface area contributed by atoms with Crippen molar-refractivity contribution < 1.29 is 4.74 Å². The Balaban J connectivity index is 2.22. The number of anilines is 2. The summed E-state index contributed by atoms with van der Waals surface area (Å²) in [7, 11) is 1.88. The number of aromatic nitrogens is 2. The molecule has 5 nitrogen and oxygen atoms in total. The Kier molecular flexibility index (Phi) is 4.36. The number of rotatable bonds is 5. The van der Waals surface area contributed by atoms with Gasteiger partial charge >= 0.3 is 0 Å². The maximum atomic E-state index is 5.39. The van der Waals surface area contributed by atoms with Gasteiger partial charge in [-0.3, -0.25) is 0 Å². The molecule has 2 rings (SSSR count). The summed E-state index contributed by atoms with van der Waals surface area (Å²) in [6.45, 7) is 6.46. The Morgan fingerprint density at radius 1 is 1.50 bits per heavy atom. The van der Waals surface area contributed by atoms with E-state index in [0.717, 1.165) is 24.0 Å². The van der Waals surface area contributed by atoms with Crippen molar-refractivity contribution in [3.05, 3.63) is 11.9 Å². The largest absolute Gasteiger partial charge is 0.374 e. The molecule has 18 heavy (non-hydrogen) atoms. The highest BCUT2D eigenvalue weighted by atomic mass is 16.5. The molecule has 0 saturated carbocycles. The van der Waals surface area contributed by atoms with Gasteiger partial charge in [-0.25, -0.2) is 9.97 Å². The van der Waals surface area contributed by atoms with Crippen LogP contribution in [-0.4, -0.2) is 36.2 Å². The fourth-order valence-corrected chi connectivity index (χ4v) is 2.29. The monoisotopic (exact) mass is 250 g/mol. The smallest absolute Gasteiger partial charge is 0.158 e. The van der Waals surface area contributed by atoms with Crippen molar-refractivity contribution in [3.8, 4) is 0 Å². The van der Waals surface area contributed by atoms with E-state index >= 15 is 0 Å². The average Bonchev–Trinajstić information content (AvgIpc) is 2.82. The summed E-state index contributed by atoms with van der Waals surface area (Å²) < 4.78 is 5.39. The number of nitrogens with zero attached hydrogens (tertiary/aromatic N) is 3. The van der Waals surface area contributed by atoms with Crippen LogP contribution < -0.4 is 10.2 Å². The van der Waals surface area contributed by atoms with Crippen molar-refractivity contribution in [2.24, 2.45) is 0 Å². The predicted octanol–water partition coefficient (Wildman–Crippen LogP) is 2.04. The van der Waals surface area contributed by atoms with E-state index in [2.05, 4.69) is 27.1 Å². The Labute approximate surface area is 109 Å². The van der Waals surface area contributed by atoms with Gasteiger partial charge < -0.3 is 15.0 Å². The molecule has 1 aliphatic heterocycles. The van der Waals surface area contributed by atoms with Crippen LogP contribution in [0.5, 0.6) is 0 Å². The SMILES string of the molecule is CCOCc1nc(NC)cc(N2CCCC2C)n1. The first kappa shape index (κ1) is 13.1. The van der Waals surface area contributed by atoms with E-state index < -0.39 is 0 Å². The fourth-order valence-electron chi connectivity index (χ4n) is 2.29. The molecule has 1 aliphatic rings. The van der Waals surface area contributed by atoms with E-state index in [1.807, 2.05) is 20.0 Å². The minimum atomic E-state index is 0.473. The van der Waals surface area contributed by atoms with E-state index in [1.165, 1.54) is 12.8 Å². The van der Waals surface area contributed by atoms with Crippen molar-refractivity contribution in [2.75, 3.05) is 30.4 Å². The topological polar surface area (TPSA) is 50.3 Å². The summed E-state index contributed by atoms with van der Waals surface area (Å²) in [6, 6.07) is 2.57. The van der Waals surface area contributed by atoms with Gasteiger partial charge in [-0.1, -0.05) is 0 Å². The van der Waals surface area contributed by atoms with E-state index in [0.29, 0.717) is 19.3 Å². The van der Waals surface area contributed by atoms with Gasteiger partial charge in [-0.2, -0.15) is 0 Å². The Morgan fingerprint density at radius 3 is 2.94 bits per heavy atom. The van der Waals surface area contributed by atoms with Crippen molar-refractivity contribution in [1.82, 2.24) is 9.97 Å². The zero-order valence-corrected chi connectivity index (χ0v) is 11.4. The standard InChI is InChI=1S/C13H22N4O/c1-4-18-9-12-15-11(14-3)8-13(16-12)17-7-5-6-10(17)2/h8,10H,4-7,9H2,1-3H3,(H,14,15,16). The third-order valence-corrected chi connectivity index (χ3v) is 3.30. The molecular formula is C13H22N4O. The average molecular weight is 250 g/mol. The van der Waals surface area contributed by atoms with Crippen LogP contribution in [0.4, 0.5) is 11.6 Å². The first-order chi connectivity index (χ1) is 8.74. The molecule has 2 heterocycles. The molecule has 1 atom stereocenters. The van der Waals surface area contributed by atoms with Gasteiger partial charge in [-0.15, -0.1) is 0 Å². The van der Waals surface area contributed by atoms with Gasteiger partial charge in [0.2, 0.25) is 0 Å². The zero-order chi connectivity index (χ0) is 13.0. The maximum absolute atomic E-state index is 5.39. The Morgan fingerprint density at radius 2 is 2.33 bits per heavy atom. The molecule has 0 aliphatic carbocycles. The quantitative estimate of drug-likeness (QED) is 0.866. The second-order valence-electron chi connectivity index (χ2n) is 4.60. The lowest BCUT2D eigenvalue weighted by atomic mass is 10.2. The molecule has 0 bridgehead atoms. The molecule has 0 amide bonds. The summed E-state index contributed by atoms with van der Waals surface area (Å²) in [6.07, 6.45) is 2.47. The first-order valence-electron chi connectivity index (χ1n) is 6.64. The molecule has 1 N–H and O–H groups in total. The van der Waals surface area contributed by atoms with E-state index in [4.69, 9.17) is 4.74 Å². The minimum Gasteiger partial charge on any atom is -0.374 e. The van der Waals surface area contributed by atoms with E-state index in [9.17, 15) is 0 Å². The lowest BCUT2D eigenvalue weighted by molar-refractivity contribution is 0.128. The molecule has 1 aromatic rings. The summed E-state index contributed by atoms with van der Waals surface area (Å²) in [4.78, 5) is 11.4. The maximum Gasteiger partial charge on any atom is 0.158 e. The predicted molar refractivity (Wildman–Crippen MR) is 73.0 cm³/mol. The molecule has 1 saturated heterocycles. The normalized spacial score (nSPS) is 19.3. The van der Waals surface area contributed by atoms with Crippen LogP contribution in [0, 0.1) is 0 Å². The highest BCUT2D eigenvalue weighted by molar-refractivity contribution is 5.50. The highest BCUT2D eigenvalue weighted by Gasteiger charge is 2.22. The second-order valence-corrected chi connectivity index (χ2v) is 4.60. The Bertz CT molecular complexity index is 397. The summed E-state index contributed by atoms with van der Waals surface area (Å²) in [5.41, 5.74) is 0. The molecule has 0 aromatic carbocycles. The number of nitrogens with one attached hydrogen (secondary N) is 1. The van der Waals surface area contributed by atoms with Gasteiger partial charge in [0.15, 0.2) is 5.82 Å². The van der Waals surface area contributed by atoms with Crippen LogP contribution in [0.3, 0.4) is 0 Å². The highest BCUT2D eigenvalue weighted by Crippen LogP contribution is 2.25. The van der Waals surface area contributed by atoms with Crippen LogP contribution in [0.1, 0.15) is 32.5 Å². The molecule has 1 unspecified atom stereocenters. The van der Waals surface area contributed by atoms with Crippen LogP contribution in [0.25, 0.3) is 0 Å². The van der Waals surface area contributed by atoms with Crippen LogP contribution >= 0.6 is 0 Å². The third-order valence-electron chi connectivity index (χ3n) is 3.30. The van der Waals surface area contributed by atoms with Crippen LogP contribution in [0.15, 0.2) is 6.07 Å².